The first-order chi connectivity index (χ1) is 7.58. The Morgan fingerprint density at radius 2 is 1.88 bits per heavy atom. The highest BCUT2D eigenvalue weighted by atomic mass is 15.3. The van der Waals surface area contributed by atoms with Crippen LogP contribution in [0, 0.1) is 27.7 Å². The summed E-state index contributed by atoms with van der Waals surface area (Å²) in [4.78, 5) is 0. The third-order valence-corrected chi connectivity index (χ3v) is 3.16. The summed E-state index contributed by atoms with van der Waals surface area (Å²) in [5.74, 6) is 0. The second-order valence-corrected chi connectivity index (χ2v) is 4.44. The van der Waals surface area contributed by atoms with Crippen LogP contribution in [0.4, 0.5) is 0 Å². The summed E-state index contributed by atoms with van der Waals surface area (Å²) in [5.41, 5.74) is 6.30. The van der Waals surface area contributed by atoms with E-state index in [1.807, 2.05) is 0 Å². The minimum absolute atomic E-state index is 0.863. The molecular weight excluding hydrogens is 196 g/mol. The summed E-state index contributed by atoms with van der Waals surface area (Å²) >= 11 is 0. The van der Waals surface area contributed by atoms with Crippen molar-refractivity contribution in [2.24, 2.45) is 0 Å². The Bertz CT molecular complexity index is 509. The van der Waals surface area contributed by atoms with Crippen molar-refractivity contribution in [3.8, 4) is 0 Å². The van der Waals surface area contributed by atoms with Gasteiger partial charge in [0.25, 0.3) is 0 Å². The van der Waals surface area contributed by atoms with Crippen molar-refractivity contribution in [2.45, 2.75) is 34.2 Å². The molecular formula is C14H18N2. The molecule has 0 aliphatic carbocycles. The lowest BCUT2D eigenvalue weighted by molar-refractivity contribution is 0.658. The van der Waals surface area contributed by atoms with Crippen LogP contribution in [0.1, 0.15) is 28.1 Å². The Kier molecular flexibility index (Phi) is 2.82. The van der Waals surface area contributed by atoms with Gasteiger partial charge in [-0.25, -0.2) is 0 Å². The van der Waals surface area contributed by atoms with Gasteiger partial charge in [-0.15, -0.1) is 0 Å². The first kappa shape index (κ1) is 10.9. The van der Waals surface area contributed by atoms with Crippen LogP contribution in [0.25, 0.3) is 0 Å². The van der Waals surface area contributed by atoms with E-state index in [2.05, 4.69) is 61.7 Å². The molecule has 0 radical (unpaired) electrons. The Morgan fingerprint density at radius 3 is 2.44 bits per heavy atom. The van der Waals surface area contributed by atoms with Gasteiger partial charge in [0.15, 0.2) is 0 Å². The van der Waals surface area contributed by atoms with Gasteiger partial charge in [-0.1, -0.05) is 29.8 Å². The van der Waals surface area contributed by atoms with Crippen LogP contribution in [0.5, 0.6) is 0 Å². The van der Waals surface area contributed by atoms with Crippen LogP contribution in [0.3, 0.4) is 0 Å². The fourth-order valence-corrected chi connectivity index (χ4v) is 1.92. The molecule has 1 aromatic carbocycles. The molecule has 0 N–H and O–H groups in total. The van der Waals surface area contributed by atoms with E-state index in [1.165, 1.54) is 22.4 Å². The predicted octanol–water partition coefficient (Wildman–Crippen LogP) is 3.17. The zero-order valence-electron chi connectivity index (χ0n) is 10.4. The molecule has 0 bridgehead atoms. The van der Waals surface area contributed by atoms with Crippen LogP contribution in [0.2, 0.25) is 0 Å². The maximum atomic E-state index is 4.55. The first-order valence-corrected chi connectivity index (χ1v) is 5.64. The third kappa shape index (κ3) is 2.01. The molecule has 1 aromatic heterocycles. The van der Waals surface area contributed by atoms with Gasteiger partial charge >= 0.3 is 0 Å². The highest BCUT2D eigenvalue weighted by Gasteiger charge is 2.07. The summed E-state index contributed by atoms with van der Waals surface area (Å²) in [6.07, 6.45) is 0. The molecule has 0 aliphatic rings. The van der Waals surface area contributed by atoms with Crippen LogP contribution in [0.15, 0.2) is 24.3 Å². The number of hydrogen-bond acceptors (Lipinski definition) is 1. The van der Waals surface area contributed by atoms with E-state index in [-0.39, 0.29) is 0 Å². The van der Waals surface area contributed by atoms with Crippen molar-refractivity contribution < 1.29 is 0 Å². The van der Waals surface area contributed by atoms with E-state index in [0.29, 0.717) is 0 Å². The van der Waals surface area contributed by atoms with Gasteiger partial charge in [0.05, 0.1) is 12.2 Å². The van der Waals surface area contributed by atoms with Crippen LogP contribution in [-0.4, -0.2) is 9.78 Å². The topological polar surface area (TPSA) is 17.8 Å². The highest BCUT2D eigenvalue weighted by Crippen LogP contribution is 2.13. The lowest BCUT2D eigenvalue weighted by atomic mass is 10.1. The number of rotatable bonds is 2. The molecule has 0 amide bonds. The molecule has 16 heavy (non-hydrogen) atoms. The average Bonchev–Trinajstić information content (AvgIpc) is 2.47. The fraction of sp³-hybridized carbons (Fsp3) is 0.357. The van der Waals surface area contributed by atoms with Crippen molar-refractivity contribution in [2.75, 3.05) is 0 Å². The monoisotopic (exact) mass is 214 g/mol. The maximum absolute atomic E-state index is 4.55. The molecule has 2 nitrogen and oxygen atoms in total. The van der Waals surface area contributed by atoms with Gasteiger partial charge in [0.2, 0.25) is 0 Å². The van der Waals surface area contributed by atoms with Gasteiger partial charge in [-0.05, 0) is 38.8 Å². The lowest BCUT2D eigenvalue weighted by Gasteiger charge is -2.05. The second kappa shape index (κ2) is 4.12. The minimum atomic E-state index is 0.863. The van der Waals surface area contributed by atoms with Crippen molar-refractivity contribution in [1.82, 2.24) is 9.78 Å². The molecule has 2 aromatic rings. The van der Waals surface area contributed by atoms with E-state index >= 15 is 0 Å². The quantitative estimate of drug-likeness (QED) is 0.751. The van der Waals surface area contributed by atoms with Gasteiger partial charge in [-0.3, -0.25) is 4.68 Å². The van der Waals surface area contributed by atoms with E-state index in [1.54, 1.807) is 0 Å². The van der Waals surface area contributed by atoms with E-state index in [9.17, 15) is 0 Å². The Hall–Kier alpha value is -1.57. The van der Waals surface area contributed by atoms with Gasteiger partial charge in [0.1, 0.15) is 0 Å². The van der Waals surface area contributed by atoms with Gasteiger partial charge in [0, 0.05) is 5.69 Å². The highest BCUT2D eigenvalue weighted by molar-refractivity contribution is 5.26. The van der Waals surface area contributed by atoms with Gasteiger partial charge in [-0.2, -0.15) is 5.10 Å². The van der Waals surface area contributed by atoms with Crippen molar-refractivity contribution >= 4 is 0 Å². The zero-order valence-corrected chi connectivity index (χ0v) is 10.4. The first-order valence-electron chi connectivity index (χ1n) is 5.64. The van der Waals surface area contributed by atoms with E-state index < -0.39 is 0 Å². The molecule has 2 heteroatoms. The van der Waals surface area contributed by atoms with Crippen molar-refractivity contribution in [1.29, 1.82) is 0 Å². The number of benzene rings is 1. The smallest absolute Gasteiger partial charge is 0.0662 e. The summed E-state index contributed by atoms with van der Waals surface area (Å²) < 4.78 is 2.08. The molecule has 84 valence electrons. The summed E-state index contributed by atoms with van der Waals surface area (Å²) in [5, 5.41) is 4.55. The number of nitrogens with zero attached hydrogens (tertiary/aromatic N) is 2. The Labute approximate surface area is 96.9 Å². The third-order valence-electron chi connectivity index (χ3n) is 3.16. The summed E-state index contributed by atoms with van der Waals surface area (Å²) in [7, 11) is 0. The van der Waals surface area contributed by atoms with Gasteiger partial charge < -0.3 is 0 Å². The standard InChI is InChI=1S/C14H18N2/c1-10-6-5-7-14(8-10)9-16-13(4)11(2)12(3)15-16/h5-8H,9H2,1-4H3. The fourth-order valence-electron chi connectivity index (χ4n) is 1.92. The SMILES string of the molecule is Cc1cccc(Cn2nc(C)c(C)c2C)c1. The number of hydrogen-bond donors (Lipinski definition) is 0. The second-order valence-electron chi connectivity index (χ2n) is 4.44. The molecule has 0 saturated heterocycles. The molecule has 1 heterocycles. The maximum Gasteiger partial charge on any atom is 0.0662 e. The Balaban J connectivity index is 2.30. The predicted molar refractivity (Wildman–Crippen MR) is 66.7 cm³/mol. The molecule has 0 unspecified atom stereocenters. The largest absolute Gasteiger partial charge is 0.265 e. The molecule has 0 spiro atoms. The van der Waals surface area contributed by atoms with Crippen LogP contribution < -0.4 is 0 Å². The Morgan fingerprint density at radius 1 is 1.12 bits per heavy atom. The number of aryl methyl sites for hydroxylation is 2. The molecule has 2 rings (SSSR count). The van der Waals surface area contributed by atoms with Crippen molar-refractivity contribution in [3.05, 3.63) is 52.3 Å². The van der Waals surface area contributed by atoms with Crippen LogP contribution >= 0.6 is 0 Å². The average molecular weight is 214 g/mol. The van der Waals surface area contributed by atoms with Crippen molar-refractivity contribution in [3.63, 3.8) is 0 Å². The zero-order chi connectivity index (χ0) is 11.7. The van der Waals surface area contributed by atoms with E-state index in [0.717, 1.165) is 12.2 Å². The normalized spacial score (nSPS) is 10.8. The summed E-state index contributed by atoms with van der Waals surface area (Å²) in [6.45, 7) is 9.31. The minimum Gasteiger partial charge on any atom is -0.265 e. The molecule has 0 atom stereocenters. The lowest BCUT2D eigenvalue weighted by Crippen LogP contribution is -2.04. The van der Waals surface area contributed by atoms with E-state index in [4.69, 9.17) is 0 Å². The summed E-state index contributed by atoms with van der Waals surface area (Å²) in [6, 6.07) is 8.59. The van der Waals surface area contributed by atoms with Crippen LogP contribution in [-0.2, 0) is 6.54 Å². The molecule has 0 saturated carbocycles. The molecule has 0 aliphatic heterocycles. The number of aromatic nitrogens is 2. The molecule has 0 fully saturated rings.